The first-order valence-corrected chi connectivity index (χ1v) is 8.86. The van der Waals surface area contributed by atoms with Crippen molar-refractivity contribution < 1.29 is 18.8 Å². The van der Waals surface area contributed by atoms with Gasteiger partial charge in [-0.25, -0.2) is 0 Å². The zero-order chi connectivity index (χ0) is 19.1. The summed E-state index contributed by atoms with van der Waals surface area (Å²) in [5, 5.41) is 2.08. The van der Waals surface area contributed by atoms with Crippen LogP contribution in [0, 0.1) is 0 Å². The molecule has 0 aliphatic carbocycles. The molecule has 0 unspecified atom stereocenters. The molecule has 5 nitrogen and oxygen atoms in total. The molecule has 0 aromatic heterocycles. The Morgan fingerprint density at radius 2 is 1.65 bits per heavy atom. The van der Waals surface area contributed by atoms with Gasteiger partial charge in [0.2, 0.25) is 0 Å². The maximum Gasteiger partial charge on any atom is 0.495 e. The average molecular weight is 355 g/mol. The van der Waals surface area contributed by atoms with Gasteiger partial charge in [0.25, 0.3) is 0 Å². The fourth-order valence-corrected chi connectivity index (χ4v) is 3.22. The lowest BCUT2D eigenvalue weighted by Crippen LogP contribution is -2.41. The third kappa shape index (κ3) is 3.25. The van der Waals surface area contributed by atoms with Crippen molar-refractivity contribution in [1.82, 2.24) is 0 Å². The van der Waals surface area contributed by atoms with Gasteiger partial charge in [0, 0.05) is 0 Å². The van der Waals surface area contributed by atoms with Crippen LogP contribution in [-0.2, 0) is 25.3 Å². The number of esters is 1. The SMILES string of the molecule is COC(=O)[C@@H](N)Cc1cccc2c(B3OC(C)(C)C(C)(C)O3)cccc12. The molecule has 1 heterocycles. The van der Waals surface area contributed by atoms with Crippen molar-refractivity contribution in [3.63, 3.8) is 0 Å². The lowest BCUT2D eigenvalue weighted by Gasteiger charge is -2.32. The van der Waals surface area contributed by atoms with Crippen LogP contribution in [0.25, 0.3) is 10.8 Å². The summed E-state index contributed by atoms with van der Waals surface area (Å²) in [7, 11) is 0.912. The molecule has 1 saturated heterocycles. The van der Waals surface area contributed by atoms with Gasteiger partial charge < -0.3 is 19.8 Å². The molecule has 2 aromatic rings. The predicted octanol–water partition coefficient (Wildman–Crippen LogP) is 2.18. The molecule has 6 heteroatoms. The summed E-state index contributed by atoms with van der Waals surface area (Å²) in [6, 6.07) is 11.3. The highest BCUT2D eigenvalue weighted by Crippen LogP contribution is 2.37. The molecule has 2 N–H and O–H groups in total. The fourth-order valence-electron chi connectivity index (χ4n) is 3.22. The van der Waals surface area contributed by atoms with Gasteiger partial charge in [-0.05, 0) is 55.9 Å². The van der Waals surface area contributed by atoms with E-state index < -0.39 is 30.3 Å². The Bertz CT molecular complexity index is 818. The molecule has 26 heavy (non-hydrogen) atoms. The molecule has 2 aromatic carbocycles. The van der Waals surface area contributed by atoms with Gasteiger partial charge in [0.1, 0.15) is 6.04 Å². The monoisotopic (exact) mass is 355 g/mol. The van der Waals surface area contributed by atoms with E-state index in [2.05, 4.69) is 0 Å². The highest BCUT2D eigenvalue weighted by atomic mass is 16.7. The summed E-state index contributed by atoms with van der Waals surface area (Å²) >= 11 is 0. The van der Waals surface area contributed by atoms with Crippen LogP contribution in [0.2, 0.25) is 0 Å². The van der Waals surface area contributed by atoms with Crippen molar-refractivity contribution >= 4 is 29.3 Å². The number of benzene rings is 2. The van der Waals surface area contributed by atoms with Crippen molar-refractivity contribution in [1.29, 1.82) is 0 Å². The molecular formula is C20H26BNO4. The highest BCUT2D eigenvalue weighted by molar-refractivity contribution is 6.65. The molecule has 138 valence electrons. The van der Waals surface area contributed by atoms with Crippen LogP contribution in [0.4, 0.5) is 0 Å². The number of rotatable bonds is 4. The van der Waals surface area contributed by atoms with E-state index in [0.29, 0.717) is 6.42 Å². The Morgan fingerprint density at radius 3 is 2.27 bits per heavy atom. The van der Waals surface area contributed by atoms with Gasteiger partial charge in [0.15, 0.2) is 0 Å². The van der Waals surface area contributed by atoms with Crippen molar-refractivity contribution in [2.24, 2.45) is 5.73 Å². The maximum atomic E-state index is 11.7. The van der Waals surface area contributed by atoms with Gasteiger partial charge >= 0.3 is 13.1 Å². The van der Waals surface area contributed by atoms with Gasteiger partial charge in [-0.2, -0.15) is 0 Å². The minimum Gasteiger partial charge on any atom is -0.468 e. The molecule has 1 fully saturated rings. The first-order valence-electron chi connectivity index (χ1n) is 8.86. The van der Waals surface area contributed by atoms with Crippen LogP contribution in [0.15, 0.2) is 36.4 Å². The van der Waals surface area contributed by atoms with Crippen LogP contribution in [-0.4, -0.2) is 37.4 Å². The standard InChI is InChI=1S/C20H26BNO4/c1-19(2)20(3,4)26-21(25-19)16-11-7-9-14-13(8-6-10-15(14)16)12-17(22)18(23)24-5/h6-11,17H,12,22H2,1-5H3/t17-/m0/s1. The second-order valence-corrected chi connectivity index (χ2v) is 7.78. The van der Waals surface area contributed by atoms with Crippen molar-refractivity contribution in [2.45, 2.75) is 51.4 Å². The second kappa shape index (κ2) is 6.69. The lowest BCUT2D eigenvalue weighted by atomic mass is 9.75. The number of nitrogens with two attached hydrogens (primary N) is 1. The molecule has 1 atom stereocenters. The van der Waals surface area contributed by atoms with Crippen LogP contribution in [0.3, 0.4) is 0 Å². The molecule has 0 saturated carbocycles. The van der Waals surface area contributed by atoms with Gasteiger partial charge in [0.05, 0.1) is 18.3 Å². The Labute approximate surface area is 154 Å². The van der Waals surface area contributed by atoms with E-state index in [1.54, 1.807) is 0 Å². The number of ether oxygens (including phenoxy) is 1. The number of methoxy groups -OCH3 is 1. The van der Waals surface area contributed by atoms with Crippen LogP contribution < -0.4 is 11.2 Å². The number of hydrogen-bond donors (Lipinski definition) is 1. The molecule has 0 amide bonds. The van der Waals surface area contributed by atoms with Gasteiger partial charge in [-0.15, -0.1) is 0 Å². The number of carbonyl (C=O) groups is 1. The molecule has 1 aliphatic rings. The summed E-state index contributed by atoms with van der Waals surface area (Å²) in [5.41, 5.74) is 7.14. The maximum absolute atomic E-state index is 11.7. The third-order valence-corrected chi connectivity index (χ3v) is 5.50. The fraction of sp³-hybridized carbons (Fsp3) is 0.450. The third-order valence-electron chi connectivity index (χ3n) is 5.50. The van der Waals surface area contributed by atoms with E-state index >= 15 is 0 Å². The zero-order valence-corrected chi connectivity index (χ0v) is 16.0. The Hall–Kier alpha value is -1.89. The van der Waals surface area contributed by atoms with Crippen LogP contribution in [0.5, 0.6) is 0 Å². The van der Waals surface area contributed by atoms with E-state index in [1.807, 2.05) is 64.1 Å². The summed E-state index contributed by atoms with van der Waals surface area (Å²) in [4.78, 5) is 11.7. The van der Waals surface area contributed by atoms with Crippen molar-refractivity contribution in [3.8, 4) is 0 Å². The number of carbonyl (C=O) groups excluding carboxylic acids is 1. The zero-order valence-electron chi connectivity index (χ0n) is 16.0. The molecule has 0 radical (unpaired) electrons. The van der Waals surface area contributed by atoms with Gasteiger partial charge in [-0.1, -0.05) is 36.4 Å². The Kier molecular flexibility index (Phi) is 4.86. The smallest absolute Gasteiger partial charge is 0.468 e. The quantitative estimate of drug-likeness (QED) is 0.673. The Morgan fingerprint density at radius 1 is 1.08 bits per heavy atom. The molecule has 0 spiro atoms. The number of hydrogen-bond acceptors (Lipinski definition) is 5. The first-order chi connectivity index (χ1) is 12.2. The van der Waals surface area contributed by atoms with E-state index in [9.17, 15) is 4.79 Å². The van der Waals surface area contributed by atoms with Crippen molar-refractivity contribution in [3.05, 3.63) is 42.0 Å². The largest absolute Gasteiger partial charge is 0.495 e. The minimum absolute atomic E-state index is 0.398. The average Bonchev–Trinajstić information content (AvgIpc) is 2.81. The van der Waals surface area contributed by atoms with Crippen molar-refractivity contribution in [2.75, 3.05) is 7.11 Å². The summed E-state index contributed by atoms with van der Waals surface area (Å²) in [6.45, 7) is 8.16. The number of fused-ring (bicyclic) bond motifs is 1. The normalized spacial score (nSPS) is 19.5. The topological polar surface area (TPSA) is 70.8 Å². The van der Waals surface area contributed by atoms with E-state index in [4.69, 9.17) is 19.8 Å². The Balaban J connectivity index is 2.00. The molecule has 3 rings (SSSR count). The predicted molar refractivity (Wildman–Crippen MR) is 103 cm³/mol. The second-order valence-electron chi connectivity index (χ2n) is 7.78. The molecule has 0 bridgehead atoms. The summed E-state index contributed by atoms with van der Waals surface area (Å²) in [5.74, 6) is -0.413. The summed E-state index contributed by atoms with van der Waals surface area (Å²) in [6.07, 6.45) is 0.414. The van der Waals surface area contributed by atoms with E-state index in [1.165, 1.54) is 7.11 Å². The molecule has 1 aliphatic heterocycles. The highest BCUT2D eigenvalue weighted by Gasteiger charge is 2.52. The van der Waals surface area contributed by atoms with E-state index in [-0.39, 0.29) is 0 Å². The summed E-state index contributed by atoms with van der Waals surface area (Å²) < 4.78 is 17.2. The molecular weight excluding hydrogens is 329 g/mol. The first kappa shape index (κ1) is 18.9. The van der Waals surface area contributed by atoms with Crippen LogP contribution >= 0.6 is 0 Å². The van der Waals surface area contributed by atoms with E-state index in [0.717, 1.165) is 21.8 Å². The minimum atomic E-state index is -0.689. The lowest BCUT2D eigenvalue weighted by molar-refractivity contribution is -0.142. The van der Waals surface area contributed by atoms with Gasteiger partial charge in [-0.3, -0.25) is 4.79 Å². The van der Waals surface area contributed by atoms with Crippen LogP contribution in [0.1, 0.15) is 33.3 Å².